The third-order valence-electron chi connectivity index (χ3n) is 11.7. The Morgan fingerprint density at radius 1 is 1.06 bits per heavy atom. The van der Waals surface area contributed by atoms with Crippen LogP contribution in [0.15, 0.2) is 42.6 Å². The fraction of sp³-hybridized carbons (Fsp3) is 0.538. The highest BCUT2D eigenvalue weighted by Gasteiger charge is 2.50. The highest BCUT2D eigenvalue weighted by atomic mass is 16.5. The number of carbonyl (C=O) groups is 2. The molecule has 0 saturated heterocycles. The molecule has 7 rings (SSSR count). The van der Waals surface area contributed by atoms with E-state index in [1.807, 2.05) is 43.4 Å². The van der Waals surface area contributed by atoms with Crippen molar-refractivity contribution in [1.29, 1.82) is 0 Å². The van der Waals surface area contributed by atoms with Crippen LogP contribution in [-0.4, -0.2) is 63.8 Å². The zero-order valence-electron chi connectivity index (χ0n) is 29.1. The van der Waals surface area contributed by atoms with Crippen molar-refractivity contribution in [1.82, 2.24) is 24.8 Å². The highest BCUT2D eigenvalue weighted by molar-refractivity contribution is 6.13. The summed E-state index contributed by atoms with van der Waals surface area (Å²) < 4.78 is 8.30. The predicted molar refractivity (Wildman–Crippen MR) is 183 cm³/mol. The molecular weight excluding hydrogens is 586 g/mol. The molecule has 1 aromatic heterocycles. The number of imide groups is 1. The average molecular weight is 636 g/mol. The number of carbonyl (C=O) groups excluding carboxylic acids is 2. The number of hydrogen-bond donors (Lipinski definition) is 0. The molecule has 0 spiro atoms. The second-order valence-electron chi connectivity index (χ2n) is 15.7. The van der Waals surface area contributed by atoms with Gasteiger partial charge in [0.25, 0.3) is 5.91 Å². The van der Waals surface area contributed by atoms with Crippen LogP contribution in [0.25, 0.3) is 5.70 Å². The van der Waals surface area contributed by atoms with E-state index in [-0.39, 0.29) is 23.1 Å². The van der Waals surface area contributed by atoms with E-state index in [4.69, 9.17) is 4.74 Å². The van der Waals surface area contributed by atoms with E-state index in [9.17, 15) is 9.59 Å². The van der Waals surface area contributed by atoms with Crippen LogP contribution >= 0.6 is 0 Å². The molecule has 0 radical (unpaired) electrons. The van der Waals surface area contributed by atoms with Gasteiger partial charge in [-0.1, -0.05) is 70.5 Å². The Morgan fingerprint density at radius 2 is 1.85 bits per heavy atom. The van der Waals surface area contributed by atoms with E-state index < -0.39 is 0 Å². The van der Waals surface area contributed by atoms with E-state index in [0.29, 0.717) is 48.9 Å². The van der Waals surface area contributed by atoms with Crippen molar-refractivity contribution in [3.8, 4) is 5.75 Å². The quantitative estimate of drug-likeness (QED) is 0.250. The third-order valence-corrected chi connectivity index (χ3v) is 11.7. The van der Waals surface area contributed by atoms with Crippen LogP contribution in [0.2, 0.25) is 0 Å². The number of nitrogens with zero attached hydrogens (tertiary/aromatic N) is 5. The summed E-state index contributed by atoms with van der Waals surface area (Å²) in [6.07, 6.45) is 10.7. The molecule has 2 aromatic carbocycles. The van der Waals surface area contributed by atoms with Gasteiger partial charge in [0.1, 0.15) is 18.1 Å². The van der Waals surface area contributed by atoms with Crippen LogP contribution in [0, 0.1) is 11.3 Å². The van der Waals surface area contributed by atoms with Gasteiger partial charge < -0.3 is 9.64 Å². The molecule has 3 aliphatic carbocycles. The maximum Gasteiger partial charge on any atom is 0.260 e. The summed E-state index contributed by atoms with van der Waals surface area (Å²) in [7, 11) is 3.89. The van der Waals surface area contributed by atoms with E-state index in [1.54, 1.807) is 4.68 Å². The van der Waals surface area contributed by atoms with Crippen molar-refractivity contribution in [2.75, 3.05) is 27.2 Å². The molecule has 3 atom stereocenters. The lowest BCUT2D eigenvalue weighted by molar-refractivity contribution is -0.130. The van der Waals surface area contributed by atoms with E-state index in [1.165, 1.54) is 47.3 Å². The normalized spacial score (nSPS) is 24.6. The van der Waals surface area contributed by atoms with Crippen molar-refractivity contribution in [2.45, 2.75) is 97.0 Å². The van der Waals surface area contributed by atoms with E-state index in [0.717, 1.165) is 34.7 Å². The first-order valence-electron chi connectivity index (χ1n) is 17.4. The standard InChI is InChI=1S/C39H49N5O3/c1-24(2)34-26-13-17-33-38(3,4)18-9-19-39(33,5)30(26)14-16-32(34)47-23-25-22-44(41-40-25)31-15-12-29-35-27(31)10-8-11-28(35)36(45)43(37(29)46)21-20-42(6)7/h8,10-11,14-16,22,24,29,33H,9,12-13,17-21,23H2,1-7H3/t29?,33-,39+/m0/s1. The molecule has 0 bridgehead atoms. The van der Waals surface area contributed by atoms with Gasteiger partial charge in [0.15, 0.2) is 0 Å². The van der Waals surface area contributed by atoms with Crippen molar-refractivity contribution < 1.29 is 14.3 Å². The molecular formula is C39H49N5O3. The first kappa shape index (κ1) is 31.8. The fourth-order valence-electron chi connectivity index (χ4n) is 9.48. The van der Waals surface area contributed by atoms with Gasteiger partial charge in [-0.3, -0.25) is 14.5 Å². The van der Waals surface area contributed by atoms with Crippen molar-refractivity contribution in [3.05, 3.63) is 81.7 Å². The number of allylic oxidation sites excluding steroid dienone is 1. The number of ether oxygens (including phenoxy) is 1. The minimum Gasteiger partial charge on any atom is -0.487 e. The van der Waals surface area contributed by atoms with Gasteiger partial charge in [-0.05, 0) is 97.7 Å². The van der Waals surface area contributed by atoms with Crippen LogP contribution in [0.4, 0.5) is 0 Å². The second kappa shape index (κ2) is 11.7. The number of rotatable bonds is 8. The summed E-state index contributed by atoms with van der Waals surface area (Å²) in [5, 5.41) is 8.96. The predicted octanol–water partition coefficient (Wildman–Crippen LogP) is 6.93. The van der Waals surface area contributed by atoms with E-state index >= 15 is 0 Å². The monoisotopic (exact) mass is 635 g/mol. The number of aromatic nitrogens is 3. The lowest BCUT2D eigenvalue weighted by Gasteiger charge is -2.54. The molecule has 3 aromatic rings. The summed E-state index contributed by atoms with van der Waals surface area (Å²) in [6.45, 7) is 13.3. The Balaban J connectivity index is 1.13. The summed E-state index contributed by atoms with van der Waals surface area (Å²) >= 11 is 0. The topological polar surface area (TPSA) is 80.6 Å². The SMILES string of the molecule is CC(C)c1c(OCc2cn(C3=CCC4C(=O)N(CCN(C)C)C(=O)c5cccc3c54)nn2)ccc2c1CC[C@H]1C(C)(C)CCC[C@]21C. The lowest BCUT2D eigenvalue weighted by atomic mass is 9.50. The molecule has 47 heavy (non-hydrogen) atoms. The Bertz CT molecular complexity index is 1770. The van der Waals surface area contributed by atoms with Crippen LogP contribution in [0.3, 0.4) is 0 Å². The highest BCUT2D eigenvalue weighted by Crippen LogP contribution is 2.58. The minimum absolute atomic E-state index is 0.123. The number of likely N-dealkylation sites (N-methyl/N-ethyl adjacent to an activating group) is 1. The largest absolute Gasteiger partial charge is 0.487 e. The number of hydrogen-bond acceptors (Lipinski definition) is 6. The van der Waals surface area contributed by atoms with Crippen LogP contribution in [-0.2, 0) is 23.2 Å². The van der Waals surface area contributed by atoms with Gasteiger partial charge in [-0.25, -0.2) is 4.68 Å². The zero-order valence-corrected chi connectivity index (χ0v) is 29.1. The molecule has 0 N–H and O–H groups in total. The van der Waals surface area contributed by atoms with Crippen molar-refractivity contribution in [2.24, 2.45) is 11.3 Å². The first-order valence-corrected chi connectivity index (χ1v) is 17.4. The van der Waals surface area contributed by atoms with E-state index in [2.05, 4.69) is 63.1 Å². The van der Waals surface area contributed by atoms with Gasteiger partial charge in [0.2, 0.25) is 5.91 Å². The Hall–Kier alpha value is -3.78. The Morgan fingerprint density at radius 3 is 2.62 bits per heavy atom. The Labute approximate surface area is 279 Å². The minimum atomic E-state index is -0.369. The van der Waals surface area contributed by atoms with Crippen molar-refractivity contribution in [3.63, 3.8) is 0 Å². The third kappa shape index (κ3) is 5.24. The number of benzene rings is 2. The summed E-state index contributed by atoms with van der Waals surface area (Å²) in [5.41, 5.74) is 8.80. The van der Waals surface area contributed by atoms with Crippen LogP contribution < -0.4 is 4.74 Å². The molecule has 1 aliphatic heterocycles. The smallest absolute Gasteiger partial charge is 0.260 e. The van der Waals surface area contributed by atoms with Crippen molar-refractivity contribution >= 4 is 17.5 Å². The molecule has 2 heterocycles. The molecule has 8 heteroatoms. The summed E-state index contributed by atoms with van der Waals surface area (Å²) in [6, 6.07) is 10.3. The summed E-state index contributed by atoms with van der Waals surface area (Å²) in [5.74, 6) is 1.28. The van der Waals surface area contributed by atoms with Gasteiger partial charge in [0, 0.05) is 29.8 Å². The van der Waals surface area contributed by atoms with Gasteiger partial charge in [-0.2, -0.15) is 0 Å². The molecule has 1 saturated carbocycles. The van der Waals surface area contributed by atoms with Crippen LogP contribution in [0.1, 0.15) is 122 Å². The Kier molecular flexibility index (Phi) is 7.93. The fourth-order valence-corrected chi connectivity index (χ4v) is 9.48. The molecule has 8 nitrogen and oxygen atoms in total. The molecule has 1 unspecified atom stereocenters. The molecule has 4 aliphatic rings. The first-order chi connectivity index (χ1) is 22.4. The zero-order chi connectivity index (χ0) is 33.2. The maximum atomic E-state index is 13.5. The number of fused-ring (bicyclic) bond motifs is 3. The average Bonchev–Trinajstić information content (AvgIpc) is 3.50. The van der Waals surface area contributed by atoms with Gasteiger partial charge >= 0.3 is 0 Å². The van der Waals surface area contributed by atoms with Gasteiger partial charge in [-0.15, -0.1) is 5.10 Å². The van der Waals surface area contributed by atoms with Crippen LogP contribution in [0.5, 0.6) is 5.75 Å². The maximum absolute atomic E-state index is 13.5. The summed E-state index contributed by atoms with van der Waals surface area (Å²) in [4.78, 5) is 30.3. The second-order valence-corrected chi connectivity index (χ2v) is 15.7. The molecule has 248 valence electrons. The van der Waals surface area contributed by atoms with Gasteiger partial charge in [0.05, 0.1) is 17.8 Å². The number of amides is 2. The molecule has 1 fully saturated rings. The molecule has 2 amide bonds. The lowest BCUT2D eigenvalue weighted by Crippen LogP contribution is -2.48.